The highest BCUT2D eigenvalue weighted by molar-refractivity contribution is 5.72. The van der Waals surface area contributed by atoms with E-state index in [2.05, 4.69) is 78.8 Å². The summed E-state index contributed by atoms with van der Waals surface area (Å²) in [4.78, 5) is 0. The Kier molecular flexibility index (Phi) is 4.56. The Hall–Kier alpha value is -1.56. The van der Waals surface area contributed by atoms with Gasteiger partial charge in [-0.25, -0.2) is 0 Å². The molecule has 0 nitrogen and oxygen atoms in total. The molecule has 0 amide bonds. The second-order valence-corrected chi connectivity index (χ2v) is 7.00. The van der Waals surface area contributed by atoms with Gasteiger partial charge in [-0.05, 0) is 54.9 Å². The van der Waals surface area contributed by atoms with Crippen LogP contribution in [0.3, 0.4) is 0 Å². The van der Waals surface area contributed by atoms with Gasteiger partial charge in [-0.15, -0.1) is 0 Å². The van der Waals surface area contributed by atoms with E-state index in [9.17, 15) is 0 Å². The average molecular weight is 280 g/mol. The highest BCUT2D eigenvalue weighted by Gasteiger charge is 2.16. The molecule has 2 rings (SSSR count). The Morgan fingerprint density at radius 3 is 1.62 bits per heavy atom. The van der Waals surface area contributed by atoms with E-state index in [1.807, 2.05) is 0 Å². The third kappa shape index (κ3) is 3.37. The summed E-state index contributed by atoms with van der Waals surface area (Å²) in [5.41, 5.74) is 9.83. The van der Waals surface area contributed by atoms with Crippen molar-refractivity contribution in [3.63, 3.8) is 0 Å². The van der Waals surface area contributed by atoms with Crippen molar-refractivity contribution in [2.75, 3.05) is 0 Å². The number of hydrogen-bond donors (Lipinski definition) is 0. The Bertz CT molecular complexity index is 625. The van der Waals surface area contributed by atoms with Crippen molar-refractivity contribution in [3.05, 3.63) is 58.1 Å². The van der Waals surface area contributed by atoms with Gasteiger partial charge in [0.2, 0.25) is 0 Å². The summed E-state index contributed by atoms with van der Waals surface area (Å²) in [5, 5.41) is 0. The molecular weight excluding hydrogens is 252 g/mol. The average Bonchev–Trinajstić information content (AvgIpc) is 2.35. The van der Waals surface area contributed by atoms with Crippen LogP contribution >= 0.6 is 0 Å². The summed E-state index contributed by atoms with van der Waals surface area (Å²) in [7, 11) is 0. The largest absolute Gasteiger partial charge is 0.0587 e. The zero-order valence-electron chi connectivity index (χ0n) is 14.5. The van der Waals surface area contributed by atoms with Crippen LogP contribution in [-0.4, -0.2) is 0 Å². The van der Waals surface area contributed by atoms with Gasteiger partial charge in [0.15, 0.2) is 0 Å². The number of benzene rings is 2. The zero-order chi connectivity index (χ0) is 15.7. The van der Waals surface area contributed by atoms with Crippen LogP contribution in [0, 0.1) is 20.8 Å². The predicted octanol–water partition coefficient (Wildman–Crippen LogP) is 6.53. The minimum atomic E-state index is 0.541. The minimum Gasteiger partial charge on any atom is -0.0587 e. The van der Waals surface area contributed by atoms with E-state index in [1.54, 1.807) is 0 Å². The van der Waals surface area contributed by atoms with E-state index in [4.69, 9.17) is 0 Å². The van der Waals surface area contributed by atoms with Crippen LogP contribution in [0.25, 0.3) is 11.1 Å². The van der Waals surface area contributed by atoms with Crippen LogP contribution in [0.1, 0.15) is 67.3 Å². The minimum absolute atomic E-state index is 0.541. The Labute approximate surface area is 130 Å². The van der Waals surface area contributed by atoms with Gasteiger partial charge in [-0.2, -0.15) is 0 Å². The lowest BCUT2D eigenvalue weighted by atomic mass is 9.83. The summed E-state index contributed by atoms with van der Waals surface area (Å²) < 4.78 is 0. The van der Waals surface area contributed by atoms with Crippen LogP contribution in [0.4, 0.5) is 0 Å². The molecule has 0 heteroatoms. The summed E-state index contributed by atoms with van der Waals surface area (Å²) in [6.07, 6.45) is 0. The summed E-state index contributed by atoms with van der Waals surface area (Å²) in [5.74, 6) is 1.10. The fraction of sp³-hybridized carbons (Fsp3) is 0.429. The van der Waals surface area contributed by atoms with Crippen molar-refractivity contribution in [1.82, 2.24) is 0 Å². The third-order valence-electron chi connectivity index (χ3n) is 4.09. The molecule has 0 aliphatic heterocycles. The van der Waals surface area contributed by atoms with Crippen LogP contribution in [0.5, 0.6) is 0 Å². The zero-order valence-corrected chi connectivity index (χ0v) is 14.5. The number of aryl methyl sites for hydroxylation is 3. The van der Waals surface area contributed by atoms with Gasteiger partial charge < -0.3 is 0 Å². The molecule has 0 unspecified atom stereocenters. The van der Waals surface area contributed by atoms with Gasteiger partial charge in [0.1, 0.15) is 0 Å². The number of rotatable bonds is 3. The molecule has 0 saturated carbocycles. The van der Waals surface area contributed by atoms with E-state index in [-0.39, 0.29) is 0 Å². The molecule has 0 N–H and O–H groups in total. The molecule has 0 atom stereocenters. The van der Waals surface area contributed by atoms with Gasteiger partial charge in [0.25, 0.3) is 0 Å². The molecule has 0 aromatic heterocycles. The molecule has 0 aliphatic carbocycles. The molecule has 0 bridgehead atoms. The molecule has 2 aromatic rings. The summed E-state index contributed by atoms with van der Waals surface area (Å²) in [6.45, 7) is 15.8. The highest BCUT2D eigenvalue weighted by Crippen LogP contribution is 2.37. The lowest BCUT2D eigenvalue weighted by Crippen LogP contribution is -2.03. The highest BCUT2D eigenvalue weighted by atomic mass is 14.2. The predicted molar refractivity (Wildman–Crippen MR) is 94.3 cm³/mol. The standard InChI is InChI=1S/C21H28/c1-13(2)19-11-17(7)12-20(21(19)14(3)4)18-9-15(5)8-16(6)10-18/h8-14H,1-7H3. The maximum atomic E-state index is 2.37. The quantitative estimate of drug-likeness (QED) is 0.600. The monoisotopic (exact) mass is 280 g/mol. The maximum absolute atomic E-state index is 2.37. The van der Waals surface area contributed by atoms with Crippen molar-refractivity contribution in [2.24, 2.45) is 0 Å². The lowest BCUT2D eigenvalue weighted by molar-refractivity contribution is 0.790. The van der Waals surface area contributed by atoms with Crippen molar-refractivity contribution in [1.29, 1.82) is 0 Å². The van der Waals surface area contributed by atoms with E-state index >= 15 is 0 Å². The second kappa shape index (κ2) is 6.05. The normalized spacial score (nSPS) is 11.5. The molecular formula is C21H28. The lowest BCUT2D eigenvalue weighted by Gasteiger charge is -2.22. The molecule has 0 heterocycles. The molecule has 21 heavy (non-hydrogen) atoms. The fourth-order valence-corrected chi connectivity index (χ4v) is 3.32. The molecule has 2 aromatic carbocycles. The van der Waals surface area contributed by atoms with Gasteiger partial charge in [0, 0.05) is 0 Å². The topological polar surface area (TPSA) is 0 Å². The molecule has 0 aliphatic rings. The second-order valence-electron chi connectivity index (χ2n) is 7.00. The number of hydrogen-bond acceptors (Lipinski definition) is 0. The first kappa shape index (κ1) is 15.8. The van der Waals surface area contributed by atoms with Crippen molar-refractivity contribution in [2.45, 2.75) is 60.3 Å². The molecule has 0 fully saturated rings. The van der Waals surface area contributed by atoms with Gasteiger partial charge >= 0.3 is 0 Å². The van der Waals surface area contributed by atoms with Crippen molar-refractivity contribution in [3.8, 4) is 11.1 Å². The van der Waals surface area contributed by atoms with Crippen LogP contribution in [0.15, 0.2) is 30.3 Å². The molecule has 0 spiro atoms. The summed E-state index contributed by atoms with van der Waals surface area (Å²) >= 11 is 0. The van der Waals surface area contributed by atoms with E-state index < -0.39 is 0 Å². The van der Waals surface area contributed by atoms with Crippen molar-refractivity contribution >= 4 is 0 Å². The summed E-state index contributed by atoms with van der Waals surface area (Å²) in [6, 6.07) is 11.6. The SMILES string of the molecule is Cc1cc(C)cc(-c2cc(C)cc(C(C)C)c2C(C)C)c1. The van der Waals surface area contributed by atoms with E-state index in [0.29, 0.717) is 11.8 Å². The molecule has 112 valence electrons. The van der Waals surface area contributed by atoms with Gasteiger partial charge in [0.05, 0.1) is 0 Å². The molecule has 0 saturated heterocycles. The first-order chi connectivity index (χ1) is 9.79. The van der Waals surface area contributed by atoms with E-state index in [1.165, 1.54) is 38.9 Å². The Balaban J connectivity index is 2.78. The van der Waals surface area contributed by atoms with Crippen molar-refractivity contribution < 1.29 is 0 Å². The van der Waals surface area contributed by atoms with E-state index in [0.717, 1.165) is 0 Å². The smallest absolute Gasteiger partial charge is 0.0144 e. The first-order valence-corrected chi connectivity index (χ1v) is 8.02. The van der Waals surface area contributed by atoms with Gasteiger partial charge in [-0.1, -0.05) is 74.7 Å². The molecule has 0 radical (unpaired) electrons. The van der Waals surface area contributed by atoms with Crippen LogP contribution in [0.2, 0.25) is 0 Å². The van der Waals surface area contributed by atoms with Gasteiger partial charge in [-0.3, -0.25) is 0 Å². The maximum Gasteiger partial charge on any atom is -0.0144 e. The first-order valence-electron chi connectivity index (χ1n) is 8.02. The Morgan fingerprint density at radius 1 is 0.619 bits per heavy atom. The Morgan fingerprint density at radius 2 is 1.14 bits per heavy atom. The van der Waals surface area contributed by atoms with Crippen LogP contribution in [-0.2, 0) is 0 Å². The van der Waals surface area contributed by atoms with Crippen LogP contribution < -0.4 is 0 Å². The third-order valence-corrected chi connectivity index (χ3v) is 4.09. The fourth-order valence-electron chi connectivity index (χ4n) is 3.32.